The fourth-order valence-corrected chi connectivity index (χ4v) is 3.24. The van der Waals surface area contributed by atoms with Crippen LogP contribution >= 0.6 is 0 Å². The second kappa shape index (κ2) is 8.52. The summed E-state index contributed by atoms with van der Waals surface area (Å²) in [6, 6.07) is 8.68. The number of nitrogens with zero attached hydrogens (tertiary/aromatic N) is 1. The van der Waals surface area contributed by atoms with Gasteiger partial charge >= 0.3 is 5.97 Å². The summed E-state index contributed by atoms with van der Waals surface area (Å²) in [5.74, 6) is 0.719. The van der Waals surface area contributed by atoms with Crippen molar-refractivity contribution in [1.82, 2.24) is 4.90 Å². The van der Waals surface area contributed by atoms with Crippen molar-refractivity contribution in [2.75, 3.05) is 13.7 Å². The molecule has 0 spiro atoms. The van der Waals surface area contributed by atoms with Crippen LogP contribution in [0.5, 0.6) is 5.75 Å². The number of carbonyl (C=O) groups is 1. The molecule has 1 aliphatic carbocycles. The first-order chi connectivity index (χ1) is 11.4. The van der Waals surface area contributed by atoms with Crippen molar-refractivity contribution >= 4 is 5.97 Å². The molecule has 1 aliphatic rings. The summed E-state index contributed by atoms with van der Waals surface area (Å²) in [6.45, 7) is 7.27. The van der Waals surface area contributed by atoms with Crippen LogP contribution in [0, 0.1) is 0 Å². The molecule has 1 aromatic rings. The van der Waals surface area contributed by atoms with Gasteiger partial charge < -0.3 is 9.47 Å². The van der Waals surface area contributed by atoms with Gasteiger partial charge in [-0.15, -0.1) is 0 Å². The Hall–Kier alpha value is -1.55. The van der Waals surface area contributed by atoms with Gasteiger partial charge in [0.05, 0.1) is 13.7 Å². The average molecular weight is 333 g/mol. The molecule has 0 atom stereocenters. The second-order valence-electron chi connectivity index (χ2n) is 7.63. The molecule has 0 heterocycles. The monoisotopic (exact) mass is 333 g/mol. The zero-order valence-electron chi connectivity index (χ0n) is 15.5. The van der Waals surface area contributed by atoms with Crippen LogP contribution in [0.1, 0.15) is 58.4 Å². The number of methoxy groups -OCH3 is 1. The van der Waals surface area contributed by atoms with Crippen molar-refractivity contribution in [3.8, 4) is 5.75 Å². The lowest BCUT2D eigenvalue weighted by Crippen LogP contribution is -2.40. The first-order valence-electron chi connectivity index (χ1n) is 8.96. The first kappa shape index (κ1) is 18.8. The Labute approximate surface area is 146 Å². The highest BCUT2D eigenvalue weighted by molar-refractivity contribution is 5.71. The summed E-state index contributed by atoms with van der Waals surface area (Å²) in [7, 11) is 1.46. The molecule has 1 fully saturated rings. The van der Waals surface area contributed by atoms with Crippen LogP contribution in [0.2, 0.25) is 0 Å². The molecule has 0 N–H and O–H groups in total. The van der Waals surface area contributed by atoms with E-state index in [1.165, 1.54) is 44.8 Å². The number of carbonyl (C=O) groups excluding carboxylic acids is 1. The third-order valence-corrected chi connectivity index (χ3v) is 4.38. The van der Waals surface area contributed by atoms with Crippen LogP contribution in [0.4, 0.5) is 0 Å². The van der Waals surface area contributed by atoms with E-state index in [1.54, 1.807) is 0 Å². The number of esters is 1. The highest BCUT2D eigenvalue weighted by Crippen LogP contribution is 2.25. The summed E-state index contributed by atoms with van der Waals surface area (Å²) in [5.41, 5.74) is 1.01. The van der Waals surface area contributed by atoms with E-state index < -0.39 is 0 Å². The quantitative estimate of drug-likeness (QED) is 0.732. The van der Waals surface area contributed by atoms with Crippen molar-refractivity contribution in [3.05, 3.63) is 29.8 Å². The van der Waals surface area contributed by atoms with E-state index in [-0.39, 0.29) is 11.6 Å². The number of ether oxygens (including phenoxy) is 2. The average Bonchev–Trinajstić information content (AvgIpc) is 2.55. The minimum atomic E-state index is -0.194. The van der Waals surface area contributed by atoms with Crippen LogP contribution in [-0.4, -0.2) is 36.2 Å². The molecule has 24 heavy (non-hydrogen) atoms. The van der Waals surface area contributed by atoms with Crippen LogP contribution in [0.25, 0.3) is 0 Å². The van der Waals surface area contributed by atoms with Gasteiger partial charge in [0, 0.05) is 12.6 Å². The number of hydrogen-bond acceptors (Lipinski definition) is 4. The predicted octanol–water partition coefficient (Wildman–Crippen LogP) is 4.17. The molecule has 2 rings (SSSR count). The maximum atomic E-state index is 11.8. The Bertz CT molecular complexity index is 513. The SMILES string of the molecule is COC(=O)CN(Cc1ccc(OC(C)(C)C)cc1)C1CCCCC1. The van der Waals surface area contributed by atoms with Crippen molar-refractivity contribution < 1.29 is 14.3 Å². The van der Waals surface area contributed by atoms with Crippen molar-refractivity contribution in [2.45, 2.75) is 71.1 Å². The molecule has 0 aliphatic heterocycles. The Morgan fingerprint density at radius 2 is 1.75 bits per heavy atom. The fraction of sp³-hybridized carbons (Fsp3) is 0.650. The third kappa shape index (κ3) is 6.16. The zero-order valence-corrected chi connectivity index (χ0v) is 15.5. The molecule has 0 unspecified atom stereocenters. The standard InChI is InChI=1S/C20H31NO3/c1-20(2,3)24-18-12-10-16(11-13-18)14-21(15-19(22)23-4)17-8-6-5-7-9-17/h10-13,17H,5-9,14-15H2,1-4H3. The molecule has 0 amide bonds. The molecule has 0 aromatic heterocycles. The number of rotatable bonds is 6. The molecule has 0 saturated heterocycles. The van der Waals surface area contributed by atoms with E-state index in [9.17, 15) is 4.79 Å². The molecule has 0 bridgehead atoms. The topological polar surface area (TPSA) is 38.8 Å². The summed E-state index contributed by atoms with van der Waals surface area (Å²) >= 11 is 0. The highest BCUT2D eigenvalue weighted by Gasteiger charge is 2.23. The highest BCUT2D eigenvalue weighted by atomic mass is 16.5. The van der Waals surface area contributed by atoms with Gasteiger partial charge in [0.25, 0.3) is 0 Å². The van der Waals surface area contributed by atoms with Gasteiger partial charge in [-0.2, -0.15) is 0 Å². The lowest BCUT2D eigenvalue weighted by atomic mass is 9.94. The van der Waals surface area contributed by atoms with E-state index in [0.29, 0.717) is 12.6 Å². The Balaban J connectivity index is 2.03. The molecule has 1 saturated carbocycles. The normalized spacial score (nSPS) is 16.2. The molecular formula is C20H31NO3. The van der Waals surface area contributed by atoms with Crippen LogP contribution in [0.3, 0.4) is 0 Å². The van der Waals surface area contributed by atoms with Crippen molar-refractivity contribution in [2.24, 2.45) is 0 Å². The molecule has 0 radical (unpaired) electrons. The third-order valence-electron chi connectivity index (χ3n) is 4.38. The molecule has 1 aromatic carbocycles. The van der Waals surface area contributed by atoms with E-state index in [0.717, 1.165) is 12.3 Å². The van der Waals surface area contributed by atoms with E-state index in [4.69, 9.17) is 9.47 Å². The molecule has 4 nitrogen and oxygen atoms in total. The molecule has 4 heteroatoms. The fourth-order valence-electron chi connectivity index (χ4n) is 3.24. The van der Waals surface area contributed by atoms with E-state index in [2.05, 4.69) is 17.0 Å². The van der Waals surface area contributed by atoms with Gasteiger partial charge in [0.15, 0.2) is 0 Å². The largest absolute Gasteiger partial charge is 0.488 e. The van der Waals surface area contributed by atoms with Gasteiger partial charge in [-0.25, -0.2) is 0 Å². The molecular weight excluding hydrogens is 302 g/mol. The van der Waals surface area contributed by atoms with Crippen molar-refractivity contribution in [1.29, 1.82) is 0 Å². The first-order valence-corrected chi connectivity index (χ1v) is 8.96. The van der Waals surface area contributed by atoms with E-state index >= 15 is 0 Å². The van der Waals surface area contributed by atoms with E-state index in [1.807, 2.05) is 32.9 Å². The Kier molecular flexibility index (Phi) is 6.67. The minimum absolute atomic E-state index is 0.159. The van der Waals surface area contributed by atoms with Gasteiger partial charge in [0.1, 0.15) is 11.4 Å². The predicted molar refractivity (Wildman–Crippen MR) is 96.1 cm³/mol. The van der Waals surface area contributed by atoms with Crippen LogP contribution in [0.15, 0.2) is 24.3 Å². The van der Waals surface area contributed by atoms with Gasteiger partial charge in [-0.1, -0.05) is 31.4 Å². The minimum Gasteiger partial charge on any atom is -0.488 e. The van der Waals surface area contributed by atoms with Crippen LogP contribution < -0.4 is 4.74 Å². The maximum Gasteiger partial charge on any atom is 0.319 e. The zero-order chi connectivity index (χ0) is 17.6. The Morgan fingerprint density at radius 1 is 1.12 bits per heavy atom. The lowest BCUT2D eigenvalue weighted by molar-refractivity contribution is -0.142. The Morgan fingerprint density at radius 3 is 2.29 bits per heavy atom. The summed E-state index contributed by atoms with van der Waals surface area (Å²) < 4.78 is 10.8. The summed E-state index contributed by atoms with van der Waals surface area (Å²) in [4.78, 5) is 14.1. The molecule has 134 valence electrons. The number of benzene rings is 1. The van der Waals surface area contributed by atoms with Gasteiger partial charge in [-0.3, -0.25) is 9.69 Å². The summed E-state index contributed by atoms with van der Waals surface area (Å²) in [6.07, 6.45) is 6.15. The van der Waals surface area contributed by atoms with Gasteiger partial charge in [0.2, 0.25) is 0 Å². The lowest BCUT2D eigenvalue weighted by Gasteiger charge is -2.33. The van der Waals surface area contributed by atoms with Crippen LogP contribution in [-0.2, 0) is 16.1 Å². The number of hydrogen-bond donors (Lipinski definition) is 0. The maximum absolute atomic E-state index is 11.8. The van der Waals surface area contributed by atoms with Crippen molar-refractivity contribution in [3.63, 3.8) is 0 Å². The summed E-state index contributed by atoms with van der Waals surface area (Å²) in [5, 5.41) is 0. The second-order valence-corrected chi connectivity index (χ2v) is 7.63. The van der Waals surface area contributed by atoms with Gasteiger partial charge in [-0.05, 0) is 51.3 Å². The smallest absolute Gasteiger partial charge is 0.319 e.